The average Bonchev–Trinajstić information content (AvgIpc) is 3.07. The smallest absolute Gasteiger partial charge is 0.351 e. The van der Waals surface area contributed by atoms with Gasteiger partial charge in [-0.3, -0.25) is 9.13 Å². The molecule has 0 saturated carbocycles. The van der Waals surface area contributed by atoms with Crippen LogP contribution in [0, 0.1) is 12.3 Å². The summed E-state index contributed by atoms with van der Waals surface area (Å²) in [5, 5.41) is 10.3. The molecule has 0 spiro atoms. The predicted molar refractivity (Wildman–Crippen MR) is 80.0 cm³/mol. The number of aromatic nitrogens is 4. The number of hydrogen-bond donors (Lipinski definition) is 4. The van der Waals surface area contributed by atoms with Crippen LogP contribution < -0.4 is 5.73 Å². The monoisotopic (exact) mass is 355 g/mol. The number of nitrogens with zero attached hydrogens (tertiary/aromatic N) is 4. The van der Waals surface area contributed by atoms with Gasteiger partial charge in [-0.25, -0.2) is 15.0 Å². The Bertz CT molecular complexity index is 859. The molecule has 0 aliphatic carbocycles. The Kier molecular flexibility index (Phi) is 4.05. The van der Waals surface area contributed by atoms with Crippen molar-refractivity contribution in [1.82, 2.24) is 19.5 Å². The lowest BCUT2D eigenvalue weighted by Gasteiger charge is -2.24. The number of anilines is 1. The molecule has 3 rings (SSSR count). The molecule has 0 radical (unpaired) electrons. The van der Waals surface area contributed by atoms with Gasteiger partial charge < -0.3 is 30.1 Å². The molecular weight excluding hydrogens is 341 g/mol. The van der Waals surface area contributed by atoms with Gasteiger partial charge in [-0.05, 0) is 5.92 Å². The van der Waals surface area contributed by atoms with Gasteiger partial charge in [0, 0.05) is 6.42 Å². The molecule has 5 N–H and O–H groups in total. The number of rotatable bonds is 4. The van der Waals surface area contributed by atoms with E-state index in [-0.39, 0.29) is 12.2 Å². The molecule has 1 aliphatic heterocycles. The maximum atomic E-state index is 11.0. The number of ether oxygens (including phenoxy) is 2. The molecule has 3 unspecified atom stereocenters. The van der Waals surface area contributed by atoms with Crippen LogP contribution in [0.5, 0.6) is 0 Å². The van der Waals surface area contributed by atoms with Gasteiger partial charge in [-0.1, -0.05) is 0 Å². The van der Waals surface area contributed by atoms with Gasteiger partial charge in [-0.2, -0.15) is 0 Å². The van der Waals surface area contributed by atoms with Crippen molar-refractivity contribution in [3.8, 4) is 12.3 Å². The summed E-state index contributed by atoms with van der Waals surface area (Å²) in [6, 6.07) is 0. The van der Waals surface area contributed by atoms with Gasteiger partial charge in [0.05, 0.1) is 6.33 Å². The number of hydrogen-bond acceptors (Lipinski definition) is 8. The van der Waals surface area contributed by atoms with E-state index >= 15 is 0 Å². The first-order valence-corrected chi connectivity index (χ1v) is 8.50. The first-order chi connectivity index (χ1) is 11.2. The van der Waals surface area contributed by atoms with Gasteiger partial charge in [0.25, 0.3) is 0 Å². The lowest BCUT2D eigenvalue weighted by Crippen LogP contribution is -2.31. The molecule has 128 valence electrons. The Hall–Kier alpha value is -2.06. The van der Waals surface area contributed by atoms with Crippen LogP contribution in [0.1, 0.15) is 12.6 Å². The topological polar surface area (TPSA) is 166 Å². The molecule has 2 aromatic heterocycles. The SMILES string of the molecule is C#CC1(OCP(=O)(O)O)CC(O)C(n2cnc3c(N)ncnc32)O1. The summed E-state index contributed by atoms with van der Waals surface area (Å²) in [5.74, 6) is 0.575. The molecule has 12 heteroatoms. The number of imidazole rings is 1. The Morgan fingerprint density at radius 1 is 1.54 bits per heavy atom. The summed E-state index contributed by atoms with van der Waals surface area (Å²) in [6.45, 7) is 0. The van der Waals surface area contributed by atoms with Crippen LogP contribution in [-0.4, -0.2) is 52.7 Å². The van der Waals surface area contributed by atoms with Crippen molar-refractivity contribution in [2.75, 3.05) is 12.1 Å². The molecule has 1 aliphatic rings. The minimum atomic E-state index is -4.45. The molecule has 2 aromatic rings. The van der Waals surface area contributed by atoms with E-state index in [1.165, 1.54) is 17.2 Å². The van der Waals surface area contributed by atoms with Crippen molar-refractivity contribution >= 4 is 24.6 Å². The van der Waals surface area contributed by atoms with Crippen LogP contribution in [-0.2, 0) is 14.0 Å². The molecule has 24 heavy (non-hydrogen) atoms. The summed E-state index contributed by atoms with van der Waals surface area (Å²) < 4.78 is 23.0. The van der Waals surface area contributed by atoms with Crippen LogP contribution in [0.4, 0.5) is 5.82 Å². The molecule has 1 fully saturated rings. The predicted octanol–water partition coefficient (Wildman–Crippen LogP) is -0.830. The van der Waals surface area contributed by atoms with E-state index in [0.29, 0.717) is 11.2 Å². The van der Waals surface area contributed by atoms with Crippen LogP contribution in [0.3, 0.4) is 0 Å². The molecule has 3 atom stereocenters. The zero-order valence-electron chi connectivity index (χ0n) is 12.2. The Balaban J connectivity index is 1.91. The third-order valence-electron chi connectivity index (χ3n) is 3.47. The van der Waals surface area contributed by atoms with E-state index in [4.69, 9.17) is 31.4 Å². The molecule has 1 saturated heterocycles. The van der Waals surface area contributed by atoms with Crippen molar-refractivity contribution in [2.24, 2.45) is 0 Å². The molecule has 0 bridgehead atoms. The molecular formula is C12H14N5O6P. The van der Waals surface area contributed by atoms with Gasteiger partial charge in [0.2, 0.25) is 5.79 Å². The quantitative estimate of drug-likeness (QED) is 0.401. The summed E-state index contributed by atoms with van der Waals surface area (Å²) >= 11 is 0. The highest BCUT2D eigenvalue weighted by Gasteiger charge is 2.48. The number of nitrogen functional groups attached to an aromatic ring is 1. The minimum Gasteiger partial charge on any atom is -0.388 e. The first kappa shape index (κ1) is 16.8. The highest BCUT2D eigenvalue weighted by Crippen LogP contribution is 2.42. The minimum absolute atomic E-state index is 0.159. The van der Waals surface area contributed by atoms with Crippen molar-refractivity contribution in [2.45, 2.75) is 24.5 Å². The second-order valence-electron chi connectivity index (χ2n) is 5.20. The highest BCUT2D eigenvalue weighted by molar-refractivity contribution is 7.51. The lowest BCUT2D eigenvalue weighted by molar-refractivity contribution is -0.194. The maximum absolute atomic E-state index is 11.0. The van der Waals surface area contributed by atoms with E-state index in [1.54, 1.807) is 0 Å². The number of nitrogens with two attached hydrogens (primary N) is 1. The first-order valence-electron chi connectivity index (χ1n) is 6.70. The Labute approximate surface area is 135 Å². The van der Waals surface area contributed by atoms with E-state index < -0.39 is 32.1 Å². The van der Waals surface area contributed by atoms with E-state index in [2.05, 4.69) is 20.9 Å². The zero-order valence-corrected chi connectivity index (χ0v) is 13.1. The van der Waals surface area contributed by atoms with Gasteiger partial charge >= 0.3 is 7.60 Å². The molecule has 0 aromatic carbocycles. The number of fused-ring (bicyclic) bond motifs is 1. The summed E-state index contributed by atoms with van der Waals surface area (Å²) in [5.41, 5.74) is 6.34. The van der Waals surface area contributed by atoms with Gasteiger partial charge in [0.1, 0.15) is 17.9 Å². The van der Waals surface area contributed by atoms with Gasteiger partial charge in [-0.15, -0.1) is 6.42 Å². The fourth-order valence-electron chi connectivity index (χ4n) is 2.41. The Morgan fingerprint density at radius 3 is 2.96 bits per heavy atom. The van der Waals surface area contributed by atoms with Crippen LogP contribution in [0.2, 0.25) is 0 Å². The van der Waals surface area contributed by atoms with Crippen LogP contribution >= 0.6 is 7.60 Å². The maximum Gasteiger partial charge on any atom is 0.351 e. The Morgan fingerprint density at radius 2 is 2.29 bits per heavy atom. The lowest BCUT2D eigenvalue weighted by atomic mass is 10.1. The summed E-state index contributed by atoms with van der Waals surface area (Å²) in [4.78, 5) is 29.8. The summed E-state index contributed by atoms with van der Waals surface area (Å²) in [6.07, 6.45) is 4.70. The third kappa shape index (κ3) is 2.99. The van der Waals surface area contributed by atoms with Gasteiger partial charge in [0.15, 0.2) is 24.0 Å². The van der Waals surface area contributed by atoms with E-state index in [1.807, 2.05) is 0 Å². The van der Waals surface area contributed by atoms with Crippen molar-refractivity contribution < 1.29 is 28.9 Å². The fraction of sp³-hybridized carbons (Fsp3) is 0.417. The zero-order chi connectivity index (χ0) is 17.5. The van der Waals surface area contributed by atoms with Crippen LogP contribution in [0.15, 0.2) is 12.7 Å². The summed E-state index contributed by atoms with van der Waals surface area (Å²) in [7, 11) is -4.45. The van der Waals surface area contributed by atoms with Crippen molar-refractivity contribution in [3.05, 3.63) is 12.7 Å². The largest absolute Gasteiger partial charge is 0.388 e. The van der Waals surface area contributed by atoms with Crippen molar-refractivity contribution in [3.63, 3.8) is 0 Å². The van der Waals surface area contributed by atoms with Crippen molar-refractivity contribution in [1.29, 1.82) is 0 Å². The molecule has 11 nitrogen and oxygen atoms in total. The second kappa shape index (κ2) is 5.78. The number of aliphatic hydroxyl groups is 1. The normalized spacial score (nSPS) is 27.4. The number of terminal acetylenes is 1. The average molecular weight is 355 g/mol. The van der Waals surface area contributed by atoms with Crippen LogP contribution in [0.25, 0.3) is 11.2 Å². The fourth-order valence-corrected chi connectivity index (χ4v) is 2.79. The number of aliphatic hydroxyl groups excluding tert-OH is 1. The third-order valence-corrected chi connectivity index (χ3v) is 3.93. The van der Waals surface area contributed by atoms with E-state index in [0.717, 1.165) is 0 Å². The standard InChI is InChI=1S/C12H14N5O6P/c1-2-12(22-6-24(19,20)21)3-7(18)11(23-12)17-5-16-8-9(13)14-4-15-10(8)17/h1,4-5,7,11,18H,3,6H2,(H2,13,14,15)(H2,19,20,21). The van der Waals surface area contributed by atoms with E-state index in [9.17, 15) is 9.67 Å². The molecule has 0 amide bonds. The highest BCUT2D eigenvalue weighted by atomic mass is 31.2. The molecule has 3 heterocycles. The second-order valence-corrected chi connectivity index (χ2v) is 6.79.